The molecule has 1 fully saturated rings. The molecule has 1 saturated heterocycles. The molecule has 3 nitrogen and oxygen atoms in total. The molecule has 14 heavy (non-hydrogen) atoms. The Bertz CT molecular complexity index is 165. The first-order valence-electron chi connectivity index (χ1n) is 5.60. The molecule has 1 unspecified atom stereocenters. The SMILES string of the molecule is CNCC1CCN(CCC(C)(C)O)C1. The molecule has 1 aliphatic rings. The highest BCUT2D eigenvalue weighted by Gasteiger charge is 2.23. The molecular weight excluding hydrogens is 176 g/mol. The summed E-state index contributed by atoms with van der Waals surface area (Å²) in [4.78, 5) is 2.46. The van der Waals surface area contributed by atoms with E-state index < -0.39 is 5.60 Å². The molecule has 0 bridgehead atoms. The van der Waals surface area contributed by atoms with Crippen LogP contribution < -0.4 is 5.32 Å². The van der Waals surface area contributed by atoms with E-state index in [4.69, 9.17) is 0 Å². The summed E-state index contributed by atoms with van der Waals surface area (Å²) < 4.78 is 0. The molecule has 1 rings (SSSR count). The topological polar surface area (TPSA) is 35.5 Å². The van der Waals surface area contributed by atoms with Gasteiger partial charge in [0.25, 0.3) is 0 Å². The minimum absolute atomic E-state index is 0.513. The van der Waals surface area contributed by atoms with Crippen LogP contribution in [0.3, 0.4) is 0 Å². The maximum absolute atomic E-state index is 9.61. The van der Waals surface area contributed by atoms with E-state index >= 15 is 0 Å². The van der Waals surface area contributed by atoms with Gasteiger partial charge in [-0.3, -0.25) is 0 Å². The van der Waals surface area contributed by atoms with Crippen LogP contribution in [0.5, 0.6) is 0 Å². The maximum atomic E-state index is 9.61. The fourth-order valence-corrected chi connectivity index (χ4v) is 2.00. The first kappa shape index (κ1) is 12.0. The maximum Gasteiger partial charge on any atom is 0.0603 e. The standard InChI is InChI=1S/C11H24N2O/c1-11(2,14)5-7-13-6-4-10(9-13)8-12-3/h10,12,14H,4-9H2,1-3H3. The van der Waals surface area contributed by atoms with E-state index in [2.05, 4.69) is 10.2 Å². The summed E-state index contributed by atoms with van der Waals surface area (Å²) in [6.07, 6.45) is 2.17. The van der Waals surface area contributed by atoms with Crippen LogP contribution in [0.15, 0.2) is 0 Å². The quantitative estimate of drug-likeness (QED) is 0.685. The van der Waals surface area contributed by atoms with Crippen LogP contribution >= 0.6 is 0 Å². The third-order valence-electron chi connectivity index (χ3n) is 2.90. The van der Waals surface area contributed by atoms with E-state index in [0.717, 1.165) is 25.4 Å². The Hall–Kier alpha value is -0.120. The number of aliphatic hydroxyl groups is 1. The summed E-state index contributed by atoms with van der Waals surface area (Å²) in [7, 11) is 2.01. The van der Waals surface area contributed by atoms with Gasteiger partial charge in [0.15, 0.2) is 0 Å². The number of hydrogen-bond donors (Lipinski definition) is 2. The molecular formula is C11H24N2O. The Morgan fingerprint density at radius 3 is 2.79 bits per heavy atom. The zero-order valence-corrected chi connectivity index (χ0v) is 9.71. The second kappa shape index (κ2) is 5.10. The first-order chi connectivity index (χ1) is 6.51. The molecule has 84 valence electrons. The van der Waals surface area contributed by atoms with Crippen LogP contribution in [0.4, 0.5) is 0 Å². The second-order valence-corrected chi connectivity index (χ2v) is 5.08. The molecule has 0 aromatic rings. The monoisotopic (exact) mass is 200 g/mol. The highest BCUT2D eigenvalue weighted by molar-refractivity contribution is 4.78. The molecule has 0 aromatic carbocycles. The van der Waals surface area contributed by atoms with Gasteiger partial charge < -0.3 is 15.3 Å². The number of nitrogens with zero attached hydrogens (tertiary/aromatic N) is 1. The van der Waals surface area contributed by atoms with Gasteiger partial charge in [0, 0.05) is 13.1 Å². The van der Waals surface area contributed by atoms with Crippen molar-refractivity contribution in [3.63, 3.8) is 0 Å². The van der Waals surface area contributed by atoms with E-state index in [1.165, 1.54) is 19.5 Å². The summed E-state index contributed by atoms with van der Waals surface area (Å²) in [6.45, 7) is 8.31. The molecule has 1 atom stereocenters. The molecule has 0 saturated carbocycles. The lowest BCUT2D eigenvalue weighted by Crippen LogP contribution is -2.30. The highest BCUT2D eigenvalue weighted by atomic mass is 16.3. The fourth-order valence-electron chi connectivity index (χ4n) is 2.00. The van der Waals surface area contributed by atoms with Crippen LogP contribution in [0.25, 0.3) is 0 Å². The van der Waals surface area contributed by atoms with Crippen molar-refractivity contribution < 1.29 is 5.11 Å². The lowest BCUT2D eigenvalue weighted by Gasteiger charge is -2.22. The average molecular weight is 200 g/mol. The van der Waals surface area contributed by atoms with Crippen molar-refractivity contribution in [3.8, 4) is 0 Å². The Labute approximate surface area is 87.5 Å². The van der Waals surface area contributed by atoms with Crippen molar-refractivity contribution in [2.75, 3.05) is 33.2 Å². The van der Waals surface area contributed by atoms with Crippen LogP contribution in [0, 0.1) is 5.92 Å². The number of rotatable bonds is 5. The van der Waals surface area contributed by atoms with Crippen molar-refractivity contribution in [1.29, 1.82) is 0 Å². The molecule has 2 N–H and O–H groups in total. The molecule has 0 amide bonds. The molecule has 0 radical (unpaired) electrons. The van der Waals surface area contributed by atoms with Crippen LogP contribution in [0.1, 0.15) is 26.7 Å². The van der Waals surface area contributed by atoms with Gasteiger partial charge >= 0.3 is 0 Å². The average Bonchev–Trinajstić information content (AvgIpc) is 2.49. The summed E-state index contributed by atoms with van der Waals surface area (Å²) in [5.41, 5.74) is -0.513. The highest BCUT2D eigenvalue weighted by Crippen LogP contribution is 2.17. The van der Waals surface area contributed by atoms with Gasteiger partial charge in [-0.1, -0.05) is 0 Å². The minimum Gasteiger partial charge on any atom is -0.390 e. The van der Waals surface area contributed by atoms with Gasteiger partial charge in [0.2, 0.25) is 0 Å². The Morgan fingerprint density at radius 2 is 2.21 bits per heavy atom. The predicted molar refractivity (Wildman–Crippen MR) is 59.4 cm³/mol. The van der Waals surface area contributed by atoms with Gasteiger partial charge in [-0.05, 0) is 52.7 Å². The van der Waals surface area contributed by atoms with E-state index in [0.29, 0.717) is 0 Å². The number of hydrogen-bond acceptors (Lipinski definition) is 3. The molecule has 3 heteroatoms. The van der Waals surface area contributed by atoms with E-state index in [-0.39, 0.29) is 0 Å². The van der Waals surface area contributed by atoms with Gasteiger partial charge in [-0.25, -0.2) is 0 Å². The zero-order valence-electron chi connectivity index (χ0n) is 9.71. The second-order valence-electron chi connectivity index (χ2n) is 5.08. The minimum atomic E-state index is -0.513. The summed E-state index contributed by atoms with van der Waals surface area (Å²) in [5, 5.41) is 12.8. The lowest BCUT2D eigenvalue weighted by atomic mass is 10.1. The Balaban J connectivity index is 2.16. The van der Waals surface area contributed by atoms with Gasteiger partial charge in [-0.2, -0.15) is 0 Å². The summed E-state index contributed by atoms with van der Waals surface area (Å²) >= 11 is 0. The summed E-state index contributed by atoms with van der Waals surface area (Å²) in [5.74, 6) is 0.807. The molecule has 0 aliphatic carbocycles. The van der Waals surface area contributed by atoms with E-state index in [1.807, 2.05) is 20.9 Å². The van der Waals surface area contributed by atoms with Gasteiger partial charge in [-0.15, -0.1) is 0 Å². The van der Waals surface area contributed by atoms with Crippen molar-refractivity contribution >= 4 is 0 Å². The predicted octanol–water partition coefficient (Wildman–Crippen LogP) is 0.689. The molecule has 1 aliphatic heterocycles. The number of likely N-dealkylation sites (tertiary alicyclic amines) is 1. The number of nitrogens with one attached hydrogen (secondary N) is 1. The van der Waals surface area contributed by atoms with Gasteiger partial charge in [0.1, 0.15) is 0 Å². The molecule has 1 heterocycles. The van der Waals surface area contributed by atoms with Crippen molar-refractivity contribution in [1.82, 2.24) is 10.2 Å². The fraction of sp³-hybridized carbons (Fsp3) is 1.00. The van der Waals surface area contributed by atoms with Gasteiger partial charge in [0.05, 0.1) is 5.60 Å². The van der Waals surface area contributed by atoms with Crippen LogP contribution in [-0.2, 0) is 0 Å². The normalized spacial score (nSPS) is 24.4. The van der Waals surface area contributed by atoms with Crippen LogP contribution in [-0.4, -0.2) is 48.8 Å². The third kappa shape index (κ3) is 4.40. The summed E-state index contributed by atoms with van der Waals surface area (Å²) in [6, 6.07) is 0. The van der Waals surface area contributed by atoms with E-state index in [1.54, 1.807) is 0 Å². The first-order valence-corrected chi connectivity index (χ1v) is 5.60. The molecule has 0 aromatic heterocycles. The zero-order chi connectivity index (χ0) is 10.6. The Kier molecular flexibility index (Phi) is 4.35. The molecule has 0 spiro atoms. The van der Waals surface area contributed by atoms with E-state index in [9.17, 15) is 5.11 Å². The van der Waals surface area contributed by atoms with Crippen molar-refractivity contribution in [3.05, 3.63) is 0 Å². The van der Waals surface area contributed by atoms with Crippen molar-refractivity contribution in [2.24, 2.45) is 5.92 Å². The largest absolute Gasteiger partial charge is 0.390 e. The Morgan fingerprint density at radius 1 is 1.50 bits per heavy atom. The smallest absolute Gasteiger partial charge is 0.0603 e. The third-order valence-corrected chi connectivity index (χ3v) is 2.90. The van der Waals surface area contributed by atoms with Crippen LogP contribution in [0.2, 0.25) is 0 Å². The van der Waals surface area contributed by atoms with Crippen molar-refractivity contribution in [2.45, 2.75) is 32.3 Å². The lowest BCUT2D eigenvalue weighted by molar-refractivity contribution is 0.0601.